The van der Waals surface area contributed by atoms with Crippen molar-refractivity contribution in [2.75, 3.05) is 5.32 Å². The van der Waals surface area contributed by atoms with Crippen LogP contribution in [-0.4, -0.2) is 16.7 Å². The number of ketones is 1. The predicted octanol–water partition coefficient (Wildman–Crippen LogP) is 4.57. The molecule has 0 aliphatic heterocycles. The highest BCUT2D eigenvalue weighted by Gasteiger charge is 2.43. The highest BCUT2D eigenvalue weighted by molar-refractivity contribution is 5.98. The van der Waals surface area contributed by atoms with Crippen LogP contribution in [0.2, 0.25) is 0 Å². The number of fused-ring (bicyclic) bond motifs is 1. The number of hydrogen-bond acceptors (Lipinski definition) is 3. The fraction of sp³-hybridized carbons (Fsp3) is 0.227. The van der Waals surface area contributed by atoms with Gasteiger partial charge in [0, 0.05) is 41.4 Å². The number of aromatic nitrogens is 1. The van der Waals surface area contributed by atoms with Crippen molar-refractivity contribution < 1.29 is 9.59 Å². The van der Waals surface area contributed by atoms with Crippen LogP contribution in [0.5, 0.6) is 0 Å². The molecule has 26 heavy (non-hydrogen) atoms. The lowest BCUT2D eigenvalue weighted by Crippen LogP contribution is -2.14. The first kappa shape index (κ1) is 16.5. The first-order chi connectivity index (χ1) is 12.7. The molecule has 2 aromatic carbocycles. The molecule has 4 rings (SSSR count). The molecule has 1 heterocycles. The maximum Gasteiger partial charge on any atom is 0.228 e. The Morgan fingerprint density at radius 2 is 1.88 bits per heavy atom. The van der Waals surface area contributed by atoms with Gasteiger partial charge in [-0.25, -0.2) is 0 Å². The Morgan fingerprint density at radius 1 is 1.08 bits per heavy atom. The molecule has 0 saturated heterocycles. The monoisotopic (exact) mass is 344 g/mol. The Balaban J connectivity index is 1.42. The van der Waals surface area contributed by atoms with Gasteiger partial charge in [-0.15, -0.1) is 0 Å². The quantitative estimate of drug-likeness (QED) is 0.690. The van der Waals surface area contributed by atoms with E-state index < -0.39 is 0 Å². The molecular formula is C22H20N2O2. The van der Waals surface area contributed by atoms with Gasteiger partial charge < -0.3 is 5.32 Å². The number of amides is 1. The minimum absolute atomic E-state index is 0.00383. The summed E-state index contributed by atoms with van der Waals surface area (Å²) in [6, 6.07) is 15.5. The summed E-state index contributed by atoms with van der Waals surface area (Å²) < 4.78 is 0. The molecule has 0 spiro atoms. The van der Waals surface area contributed by atoms with E-state index in [1.54, 1.807) is 6.20 Å². The highest BCUT2D eigenvalue weighted by Crippen LogP contribution is 2.48. The van der Waals surface area contributed by atoms with Gasteiger partial charge in [-0.2, -0.15) is 0 Å². The number of nitrogens with one attached hydrogen (secondary N) is 1. The van der Waals surface area contributed by atoms with Crippen molar-refractivity contribution in [2.24, 2.45) is 5.92 Å². The van der Waals surface area contributed by atoms with Crippen molar-refractivity contribution in [3.63, 3.8) is 0 Å². The van der Waals surface area contributed by atoms with E-state index in [1.807, 2.05) is 61.7 Å². The number of hydrogen-bond donors (Lipinski definition) is 1. The smallest absolute Gasteiger partial charge is 0.228 e. The molecule has 3 aromatic rings. The molecule has 130 valence electrons. The van der Waals surface area contributed by atoms with Crippen molar-refractivity contribution in [1.82, 2.24) is 4.98 Å². The topological polar surface area (TPSA) is 59.1 Å². The van der Waals surface area contributed by atoms with Gasteiger partial charge in [-0.3, -0.25) is 14.6 Å². The Labute approximate surface area is 152 Å². The van der Waals surface area contributed by atoms with E-state index in [2.05, 4.69) is 10.3 Å². The summed E-state index contributed by atoms with van der Waals surface area (Å²) in [6.45, 7) is 1.86. The number of nitrogens with zero attached hydrogens (tertiary/aromatic N) is 1. The van der Waals surface area contributed by atoms with Crippen molar-refractivity contribution >= 4 is 28.2 Å². The van der Waals surface area contributed by atoms with Gasteiger partial charge in [0.15, 0.2) is 5.78 Å². The number of benzene rings is 2. The zero-order valence-corrected chi connectivity index (χ0v) is 14.6. The molecule has 0 radical (unpaired) electrons. The molecule has 4 nitrogen and oxygen atoms in total. The standard InChI is InChI=1S/C22H20N2O2/c1-2-21(25)15-5-3-14(4-6-15)19-12-20(19)22(26)24-18-8-7-17-13-23-10-9-16(17)11-18/h3-11,13,19-20H,2,12H2,1H3,(H,24,26). The molecular weight excluding hydrogens is 324 g/mol. The van der Waals surface area contributed by atoms with Crippen LogP contribution in [0, 0.1) is 5.92 Å². The van der Waals surface area contributed by atoms with E-state index in [1.165, 1.54) is 0 Å². The van der Waals surface area contributed by atoms with Crippen LogP contribution in [0.25, 0.3) is 10.8 Å². The summed E-state index contributed by atoms with van der Waals surface area (Å²) in [5.74, 6) is 0.437. The second-order valence-corrected chi connectivity index (χ2v) is 6.77. The highest BCUT2D eigenvalue weighted by atomic mass is 16.2. The van der Waals surface area contributed by atoms with E-state index in [9.17, 15) is 9.59 Å². The Morgan fingerprint density at radius 3 is 2.65 bits per heavy atom. The largest absolute Gasteiger partial charge is 0.326 e. The lowest BCUT2D eigenvalue weighted by Gasteiger charge is -2.07. The van der Waals surface area contributed by atoms with Crippen molar-refractivity contribution in [2.45, 2.75) is 25.7 Å². The van der Waals surface area contributed by atoms with Crippen molar-refractivity contribution in [3.8, 4) is 0 Å². The molecule has 1 aliphatic carbocycles. The van der Waals surface area contributed by atoms with E-state index >= 15 is 0 Å². The van der Waals surface area contributed by atoms with E-state index in [0.29, 0.717) is 6.42 Å². The summed E-state index contributed by atoms with van der Waals surface area (Å²) in [5.41, 5.74) is 2.68. The van der Waals surface area contributed by atoms with Crippen LogP contribution < -0.4 is 5.32 Å². The van der Waals surface area contributed by atoms with Crippen molar-refractivity contribution in [3.05, 3.63) is 72.1 Å². The maximum atomic E-state index is 12.5. The Kier molecular flexibility index (Phi) is 4.25. The fourth-order valence-corrected chi connectivity index (χ4v) is 3.37. The summed E-state index contributed by atoms with van der Waals surface area (Å²) >= 11 is 0. The number of Topliss-reactive ketones (excluding diaryl/α,β-unsaturated/α-hetero) is 1. The number of rotatable bonds is 5. The van der Waals surface area contributed by atoms with Crippen LogP contribution in [0.15, 0.2) is 60.9 Å². The third-order valence-corrected chi connectivity index (χ3v) is 5.02. The third-order valence-electron chi connectivity index (χ3n) is 5.02. The van der Waals surface area contributed by atoms with E-state index in [4.69, 9.17) is 0 Å². The minimum atomic E-state index is -0.00383. The fourth-order valence-electron chi connectivity index (χ4n) is 3.37. The lowest BCUT2D eigenvalue weighted by molar-refractivity contribution is -0.117. The summed E-state index contributed by atoms with van der Waals surface area (Å²) in [6.07, 6.45) is 4.92. The van der Waals surface area contributed by atoms with E-state index in [-0.39, 0.29) is 23.5 Å². The van der Waals surface area contributed by atoms with E-state index in [0.717, 1.165) is 34.0 Å². The second-order valence-electron chi connectivity index (χ2n) is 6.77. The number of anilines is 1. The first-order valence-electron chi connectivity index (χ1n) is 8.93. The van der Waals surface area contributed by atoms with Gasteiger partial charge in [0.05, 0.1) is 0 Å². The van der Waals surface area contributed by atoms with Crippen molar-refractivity contribution in [1.29, 1.82) is 0 Å². The van der Waals surface area contributed by atoms with Gasteiger partial charge >= 0.3 is 0 Å². The summed E-state index contributed by atoms with van der Waals surface area (Å²) in [4.78, 5) is 28.3. The van der Waals surface area contributed by atoms with Crippen LogP contribution in [0.1, 0.15) is 41.6 Å². The molecule has 1 fully saturated rings. The molecule has 1 amide bonds. The van der Waals surface area contributed by atoms with Gasteiger partial charge in [0.1, 0.15) is 0 Å². The van der Waals surface area contributed by atoms with Gasteiger partial charge in [0.2, 0.25) is 5.91 Å². The molecule has 1 aliphatic rings. The van der Waals surface area contributed by atoms with Gasteiger partial charge in [-0.05, 0) is 41.5 Å². The molecule has 0 bridgehead atoms. The van der Waals surface area contributed by atoms with Gasteiger partial charge in [-0.1, -0.05) is 37.3 Å². The second kappa shape index (κ2) is 6.71. The minimum Gasteiger partial charge on any atom is -0.326 e. The normalized spacial score (nSPS) is 18.5. The molecule has 1 saturated carbocycles. The predicted molar refractivity (Wildman–Crippen MR) is 102 cm³/mol. The van der Waals surface area contributed by atoms with Gasteiger partial charge in [0.25, 0.3) is 0 Å². The summed E-state index contributed by atoms with van der Waals surface area (Å²) in [7, 11) is 0. The summed E-state index contributed by atoms with van der Waals surface area (Å²) in [5, 5.41) is 5.13. The average molecular weight is 344 g/mol. The first-order valence-corrected chi connectivity index (χ1v) is 8.93. The average Bonchev–Trinajstić information content (AvgIpc) is 3.48. The van der Waals surface area contributed by atoms with Crippen LogP contribution in [-0.2, 0) is 4.79 Å². The van der Waals surface area contributed by atoms with Crippen LogP contribution in [0.3, 0.4) is 0 Å². The third kappa shape index (κ3) is 3.23. The van der Waals surface area contributed by atoms with Crippen LogP contribution >= 0.6 is 0 Å². The lowest BCUT2D eigenvalue weighted by atomic mass is 10.0. The number of carbonyl (C=O) groups is 2. The van der Waals surface area contributed by atoms with Crippen LogP contribution in [0.4, 0.5) is 5.69 Å². The number of pyridine rings is 1. The molecule has 2 unspecified atom stereocenters. The zero-order chi connectivity index (χ0) is 18.1. The maximum absolute atomic E-state index is 12.5. The SMILES string of the molecule is CCC(=O)c1ccc(C2CC2C(=O)Nc2ccc3cnccc3c2)cc1. The number of carbonyl (C=O) groups excluding carboxylic acids is 2. The molecule has 2 atom stereocenters. The Hall–Kier alpha value is -3.01. The Bertz CT molecular complexity index is 979. The molecule has 1 aromatic heterocycles. The molecule has 4 heteroatoms. The zero-order valence-electron chi connectivity index (χ0n) is 14.6. The molecule has 1 N–H and O–H groups in total.